The third-order valence-corrected chi connectivity index (χ3v) is 3.16. The summed E-state index contributed by atoms with van der Waals surface area (Å²) in [5.41, 5.74) is 1.43. The Morgan fingerprint density at radius 2 is 1.68 bits per heavy atom. The van der Waals surface area contributed by atoms with Crippen LogP contribution in [0.3, 0.4) is 0 Å². The molecule has 0 heterocycles. The van der Waals surface area contributed by atoms with Crippen LogP contribution in [0.25, 0.3) is 0 Å². The molecule has 0 aromatic rings. The molecule has 0 amide bonds. The molecule has 0 saturated heterocycles. The number of hydrogen-bond acceptors (Lipinski definition) is 5. The summed E-state index contributed by atoms with van der Waals surface area (Å²) in [5.74, 6) is 4.20. The van der Waals surface area contributed by atoms with Crippen LogP contribution in [-0.4, -0.2) is 39.4 Å². The Kier molecular flexibility index (Phi) is 10.3. The topological polar surface area (TPSA) is 61.8 Å². The number of carbonyl (C=O) groups is 2. The van der Waals surface area contributed by atoms with Crippen LogP contribution in [-0.2, 0) is 23.8 Å². The fourth-order valence-electron chi connectivity index (χ4n) is 1.86. The van der Waals surface area contributed by atoms with Gasteiger partial charge in [-0.15, -0.1) is 12.3 Å². The molecule has 5 heteroatoms. The minimum Gasteiger partial charge on any atom is -0.468 e. The Bertz CT molecular complexity index is 561. The van der Waals surface area contributed by atoms with Crippen molar-refractivity contribution in [3.8, 4) is 11.8 Å². The third-order valence-electron chi connectivity index (χ3n) is 3.16. The minimum atomic E-state index is -1.52. The third kappa shape index (κ3) is 8.39. The van der Waals surface area contributed by atoms with Gasteiger partial charge in [-0.2, -0.15) is 0 Å². The fourth-order valence-corrected chi connectivity index (χ4v) is 1.86. The second-order valence-corrected chi connectivity index (χ2v) is 6.48. The molecule has 0 unspecified atom stereocenters. The molecule has 0 aromatic heterocycles. The van der Waals surface area contributed by atoms with Crippen molar-refractivity contribution in [3.05, 3.63) is 30.5 Å². The molecule has 0 spiro atoms. The van der Waals surface area contributed by atoms with Gasteiger partial charge in [0.15, 0.2) is 5.41 Å². The maximum Gasteiger partial charge on any atom is 0.324 e. The lowest BCUT2D eigenvalue weighted by Crippen LogP contribution is -2.40. The Morgan fingerprint density at radius 1 is 1.08 bits per heavy atom. The Morgan fingerprint density at radius 3 is 2.16 bits per heavy atom. The van der Waals surface area contributed by atoms with E-state index in [0.717, 1.165) is 0 Å². The number of carbonyl (C=O) groups excluding carboxylic acids is 2. The summed E-state index contributed by atoms with van der Waals surface area (Å²) in [4.78, 5) is 24.6. The molecule has 138 valence electrons. The minimum absolute atomic E-state index is 0.0303. The normalized spacial score (nSPS) is 10.6. The van der Waals surface area contributed by atoms with Crippen molar-refractivity contribution < 1.29 is 23.8 Å². The van der Waals surface area contributed by atoms with E-state index in [0.29, 0.717) is 6.61 Å². The smallest absolute Gasteiger partial charge is 0.324 e. The van der Waals surface area contributed by atoms with E-state index < -0.39 is 17.4 Å². The maximum absolute atomic E-state index is 12.3. The summed E-state index contributed by atoms with van der Waals surface area (Å²) in [6, 6.07) is 0. The predicted octanol–water partition coefficient (Wildman–Crippen LogP) is 3.06. The van der Waals surface area contributed by atoms with Gasteiger partial charge in [-0.3, -0.25) is 9.59 Å². The molecule has 0 fully saturated rings. The summed E-state index contributed by atoms with van der Waals surface area (Å²) < 4.78 is 14.8. The SMILES string of the molecule is C=CCOCC#CCC(CC=C=CC(C)(C)C)(C(=O)OC)C(=O)OC. The molecule has 0 aromatic carbocycles. The number of methoxy groups -OCH3 is 2. The number of allylic oxidation sites excluding steroid dienone is 1. The van der Waals surface area contributed by atoms with Crippen molar-refractivity contribution in [2.24, 2.45) is 10.8 Å². The quantitative estimate of drug-likeness (QED) is 0.168. The van der Waals surface area contributed by atoms with E-state index >= 15 is 0 Å². The summed E-state index contributed by atoms with van der Waals surface area (Å²) in [6.07, 6.45) is 5.16. The number of esters is 2. The zero-order valence-corrected chi connectivity index (χ0v) is 15.8. The van der Waals surface area contributed by atoms with Crippen molar-refractivity contribution in [3.63, 3.8) is 0 Å². The molecule has 0 rings (SSSR count). The first-order valence-corrected chi connectivity index (χ1v) is 7.97. The summed E-state index contributed by atoms with van der Waals surface area (Å²) in [7, 11) is 2.46. The van der Waals surface area contributed by atoms with Crippen LogP contribution >= 0.6 is 0 Å². The lowest BCUT2D eigenvalue weighted by atomic mass is 9.81. The van der Waals surface area contributed by atoms with Crippen molar-refractivity contribution in [1.29, 1.82) is 0 Å². The molecule has 0 N–H and O–H groups in total. The van der Waals surface area contributed by atoms with Crippen LogP contribution in [0, 0.1) is 22.7 Å². The van der Waals surface area contributed by atoms with E-state index in [1.165, 1.54) is 14.2 Å². The zero-order valence-electron chi connectivity index (χ0n) is 15.8. The van der Waals surface area contributed by atoms with E-state index in [1.54, 1.807) is 12.2 Å². The Labute approximate surface area is 150 Å². The monoisotopic (exact) mass is 348 g/mol. The van der Waals surface area contributed by atoms with Gasteiger partial charge in [0.25, 0.3) is 0 Å². The lowest BCUT2D eigenvalue weighted by molar-refractivity contribution is -0.168. The van der Waals surface area contributed by atoms with Crippen LogP contribution in [0.2, 0.25) is 0 Å². The van der Waals surface area contributed by atoms with Crippen LogP contribution < -0.4 is 0 Å². The fraction of sp³-hybridized carbons (Fsp3) is 0.550. The molecule has 5 nitrogen and oxygen atoms in total. The van der Waals surface area contributed by atoms with Gasteiger partial charge < -0.3 is 14.2 Å². The maximum atomic E-state index is 12.3. The first-order valence-electron chi connectivity index (χ1n) is 7.97. The highest BCUT2D eigenvalue weighted by atomic mass is 16.5. The van der Waals surface area contributed by atoms with Crippen LogP contribution in [0.5, 0.6) is 0 Å². The van der Waals surface area contributed by atoms with Gasteiger partial charge in [0.2, 0.25) is 0 Å². The summed E-state index contributed by atoms with van der Waals surface area (Å²) in [6.45, 7) is 10.2. The standard InChI is InChI=1S/C20H28O5/c1-7-15-25-16-11-10-14-20(17(21)23-5,18(22)24-6)13-9-8-12-19(2,3)4/h7,9,12H,1,13-16H2,2-6H3. The predicted molar refractivity (Wildman–Crippen MR) is 96.6 cm³/mol. The first kappa shape index (κ1) is 22.7. The van der Waals surface area contributed by atoms with Crippen molar-refractivity contribution >= 4 is 11.9 Å². The Hall–Kier alpha value is -2.28. The van der Waals surface area contributed by atoms with Crippen LogP contribution in [0.4, 0.5) is 0 Å². The van der Waals surface area contributed by atoms with E-state index in [-0.39, 0.29) is 24.9 Å². The number of ether oxygens (including phenoxy) is 3. The van der Waals surface area contributed by atoms with Gasteiger partial charge in [0.05, 0.1) is 20.8 Å². The second-order valence-electron chi connectivity index (χ2n) is 6.48. The highest BCUT2D eigenvalue weighted by Crippen LogP contribution is 2.30. The van der Waals surface area contributed by atoms with E-state index in [1.807, 2.05) is 26.8 Å². The molecule has 0 aliphatic carbocycles. The molecule has 0 saturated carbocycles. The van der Waals surface area contributed by atoms with Crippen LogP contribution in [0.15, 0.2) is 30.5 Å². The van der Waals surface area contributed by atoms with Crippen molar-refractivity contribution in [2.75, 3.05) is 27.4 Å². The molecular formula is C20H28O5. The summed E-state index contributed by atoms with van der Waals surface area (Å²) in [5, 5.41) is 0. The lowest BCUT2D eigenvalue weighted by Gasteiger charge is -2.24. The molecule has 0 radical (unpaired) electrons. The average molecular weight is 348 g/mol. The van der Waals surface area contributed by atoms with Crippen molar-refractivity contribution in [1.82, 2.24) is 0 Å². The molecular weight excluding hydrogens is 320 g/mol. The summed E-state index contributed by atoms with van der Waals surface area (Å²) >= 11 is 0. The second kappa shape index (κ2) is 11.3. The highest BCUT2D eigenvalue weighted by Gasteiger charge is 2.47. The van der Waals surface area contributed by atoms with Crippen LogP contribution in [0.1, 0.15) is 33.6 Å². The zero-order chi connectivity index (χ0) is 19.3. The molecule has 0 aliphatic rings. The van der Waals surface area contributed by atoms with Gasteiger partial charge in [0.1, 0.15) is 6.61 Å². The van der Waals surface area contributed by atoms with E-state index in [9.17, 15) is 9.59 Å². The van der Waals surface area contributed by atoms with E-state index in [2.05, 4.69) is 24.2 Å². The Balaban J connectivity index is 5.45. The molecule has 0 aliphatic heterocycles. The van der Waals surface area contributed by atoms with Gasteiger partial charge in [-0.05, 0) is 17.6 Å². The van der Waals surface area contributed by atoms with Gasteiger partial charge in [0, 0.05) is 12.8 Å². The van der Waals surface area contributed by atoms with Crippen molar-refractivity contribution in [2.45, 2.75) is 33.6 Å². The number of hydrogen-bond donors (Lipinski definition) is 0. The van der Waals surface area contributed by atoms with Gasteiger partial charge in [-0.25, -0.2) is 0 Å². The molecule has 0 atom stereocenters. The molecule has 0 bridgehead atoms. The first-order chi connectivity index (χ1) is 11.7. The van der Waals surface area contributed by atoms with E-state index in [4.69, 9.17) is 14.2 Å². The largest absolute Gasteiger partial charge is 0.468 e. The molecule has 25 heavy (non-hydrogen) atoms. The van der Waals surface area contributed by atoms with Gasteiger partial charge in [-0.1, -0.05) is 38.7 Å². The number of rotatable bonds is 8. The average Bonchev–Trinajstić information content (AvgIpc) is 2.57. The van der Waals surface area contributed by atoms with Gasteiger partial charge >= 0.3 is 11.9 Å². The highest BCUT2D eigenvalue weighted by molar-refractivity contribution is 6.00.